The Bertz CT molecular complexity index is 202. The first-order valence-corrected chi connectivity index (χ1v) is 3.66. The molecule has 0 aliphatic heterocycles. The zero-order valence-electron chi connectivity index (χ0n) is 6.89. The Labute approximate surface area is 62.9 Å². The molecule has 0 fully saturated rings. The van der Waals surface area contributed by atoms with Gasteiger partial charge < -0.3 is 0 Å². The maximum Gasteiger partial charge on any atom is 0.00377 e. The third kappa shape index (κ3) is 1.38. The van der Waals surface area contributed by atoms with E-state index in [1.54, 1.807) is 0 Å². The van der Waals surface area contributed by atoms with Gasteiger partial charge in [0.05, 0.1) is 0 Å². The van der Waals surface area contributed by atoms with E-state index in [4.69, 9.17) is 0 Å². The average Bonchev–Trinajstić information content (AvgIpc) is 1.96. The van der Waals surface area contributed by atoms with Gasteiger partial charge in [-0.25, -0.2) is 0 Å². The topological polar surface area (TPSA) is 0 Å². The molecule has 0 amide bonds. The smallest absolute Gasteiger partial charge is 0.00377 e. The van der Waals surface area contributed by atoms with E-state index in [2.05, 4.69) is 51.2 Å². The molecule has 0 unspecified atom stereocenters. The maximum atomic E-state index is 2.22. The van der Waals surface area contributed by atoms with Gasteiger partial charge in [0, 0.05) is 5.41 Å². The second kappa shape index (κ2) is 2.45. The van der Waals surface area contributed by atoms with Crippen molar-refractivity contribution in [1.82, 2.24) is 0 Å². The van der Waals surface area contributed by atoms with Crippen LogP contribution in [0.1, 0.15) is 20.8 Å². The molecule has 0 aromatic carbocycles. The average molecular weight is 134 g/mol. The Kier molecular flexibility index (Phi) is 1.80. The van der Waals surface area contributed by atoms with Crippen LogP contribution in [0.5, 0.6) is 0 Å². The summed E-state index contributed by atoms with van der Waals surface area (Å²) < 4.78 is 0. The van der Waals surface area contributed by atoms with Gasteiger partial charge in [0.15, 0.2) is 0 Å². The lowest BCUT2D eigenvalue weighted by molar-refractivity contribution is 0.581. The lowest BCUT2D eigenvalue weighted by atomic mass is 9.85. The monoisotopic (exact) mass is 134 g/mol. The molecule has 54 valence electrons. The largest absolute Gasteiger partial charge is 0.0748 e. The molecule has 0 bridgehead atoms. The van der Waals surface area contributed by atoms with E-state index < -0.39 is 0 Å². The fraction of sp³-hybridized carbons (Fsp3) is 0.400. The summed E-state index contributed by atoms with van der Waals surface area (Å²) in [7, 11) is 0. The minimum absolute atomic E-state index is 0.240. The molecule has 0 nitrogen and oxygen atoms in total. The fourth-order valence-corrected chi connectivity index (χ4v) is 0.906. The van der Waals surface area contributed by atoms with E-state index >= 15 is 0 Å². The molecule has 1 rings (SSSR count). The van der Waals surface area contributed by atoms with E-state index in [9.17, 15) is 0 Å². The van der Waals surface area contributed by atoms with Crippen LogP contribution in [0.3, 0.4) is 0 Å². The molecule has 0 aromatic rings. The van der Waals surface area contributed by atoms with Crippen LogP contribution in [0.2, 0.25) is 0 Å². The minimum Gasteiger partial charge on any atom is -0.0748 e. The van der Waals surface area contributed by atoms with Crippen molar-refractivity contribution in [2.24, 2.45) is 5.41 Å². The summed E-state index contributed by atoms with van der Waals surface area (Å²) in [5.41, 5.74) is 1.65. The number of hydrogen-bond acceptors (Lipinski definition) is 0. The SMILES string of the molecule is CC1=CC=CC=CC1(C)C. The summed E-state index contributed by atoms with van der Waals surface area (Å²) in [4.78, 5) is 0. The standard InChI is InChI=1S/C10H14/c1-9-7-5-4-6-8-10(9,2)3/h4-8H,1-3H3. The Morgan fingerprint density at radius 3 is 2.50 bits per heavy atom. The molecule has 0 atom stereocenters. The molecule has 0 heteroatoms. The molecule has 10 heavy (non-hydrogen) atoms. The quantitative estimate of drug-likeness (QED) is 0.477. The van der Waals surface area contributed by atoms with Gasteiger partial charge in [-0.3, -0.25) is 0 Å². The zero-order chi connectivity index (χ0) is 7.61. The fourth-order valence-electron chi connectivity index (χ4n) is 0.906. The third-order valence-corrected chi connectivity index (χ3v) is 2.10. The van der Waals surface area contributed by atoms with Crippen molar-refractivity contribution in [1.29, 1.82) is 0 Å². The molecule has 0 spiro atoms. The summed E-state index contributed by atoms with van der Waals surface area (Å²) >= 11 is 0. The molecule has 0 saturated carbocycles. The molecular formula is C10H14. The highest BCUT2D eigenvalue weighted by molar-refractivity contribution is 5.28. The van der Waals surface area contributed by atoms with Crippen molar-refractivity contribution in [2.45, 2.75) is 20.8 Å². The highest BCUT2D eigenvalue weighted by Crippen LogP contribution is 2.28. The first-order valence-electron chi connectivity index (χ1n) is 3.66. The predicted molar refractivity (Wildman–Crippen MR) is 45.8 cm³/mol. The van der Waals surface area contributed by atoms with Crippen LogP contribution in [0, 0.1) is 5.41 Å². The molecule has 0 aromatic heterocycles. The normalized spacial score (nSPS) is 22.1. The molecule has 0 saturated heterocycles. The Balaban J connectivity index is 2.97. The van der Waals surface area contributed by atoms with Crippen LogP contribution in [0.25, 0.3) is 0 Å². The highest BCUT2D eigenvalue weighted by Gasteiger charge is 2.15. The first-order chi connectivity index (χ1) is 4.63. The Hall–Kier alpha value is -0.780. The molecule has 1 aliphatic rings. The summed E-state index contributed by atoms with van der Waals surface area (Å²) in [6.07, 6.45) is 10.6. The van der Waals surface area contributed by atoms with E-state index in [1.165, 1.54) is 5.57 Å². The van der Waals surface area contributed by atoms with Gasteiger partial charge in [-0.2, -0.15) is 0 Å². The van der Waals surface area contributed by atoms with Crippen molar-refractivity contribution in [3.63, 3.8) is 0 Å². The number of hydrogen-bond donors (Lipinski definition) is 0. The summed E-state index contributed by atoms with van der Waals surface area (Å²) in [5.74, 6) is 0. The highest BCUT2D eigenvalue weighted by atomic mass is 14.2. The van der Waals surface area contributed by atoms with Gasteiger partial charge in [0.25, 0.3) is 0 Å². The first kappa shape index (κ1) is 7.33. The molecular weight excluding hydrogens is 120 g/mol. The number of rotatable bonds is 0. The molecule has 0 heterocycles. The van der Waals surface area contributed by atoms with E-state index in [0.717, 1.165) is 0 Å². The van der Waals surface area contributed by atoms with Gasteiger partial charge in [0.1, 0.15) is 0 Å². The Morgan fingerprint density at radius 2 is 1.80 bits per heavy atom. The van der Waals surface area contributed by atoms with E-state index in [0.29, 0.717) is 0 Å². The van der Waals surface area contributed by atoms with Crippen molar-refractivity contribution >= 4 is 0 Å². The van der Waals surface area contributed by atoms with Crippen molar-refractivity contribution < 1.29 is 0 Å². The van der Waals surface area contributed by atoms with Crippen molar-refractivity contribution in [3.05, 3.63) is 36.0 Å². The molecule has 0 radical (unpaired) electrons. The van der Waals surface area contributed by atoms with Crippen LogP contribution >= 0.6 is 0 Å². The molecule has 0 N–H and O–H groups in total. The van der Waals surface area contributed by atoms with Crippen molar-refractivity contribution in [2.75, 3.05) is 0 Å². The second-order valence-electron chi connectivity index (χ2n) is 3.32. The van der Waals surface area contributed by atoms with Crippen LogP contribution in [0.4, 0.5) is 0 Å². The van der Waals surface area contributed by atoms with Gasteiger partial charge in [-0.15, -0.1) is 0 Å². The van der Waals surface area contributed by atoms with Crippen LogP contribution < -0.4 is 0 Å². The lowest BCUT2D eigenvalue weighted by Crippen LogP contribution is -2.07. The number of allylic oxidation sites excluding steroid dienone is 6. The lowest BCUT2D eigenvalue weighted by Gasteiger charge is -2.19. The van der Waals surface area contributed by atoms with Gasteiger partial charge in [0.2, 0.25) is 0 Å². The Morgan fingerprint density at radius 1 is 1.10 bits per heavy atom. The second-order valence-corrected chi connectivity index (χ2v) is 3.32. The maximum absolute atomic E-state index is 2.22. The van der Waals surface area contributed by atoms with Crippen LogP contribution in [-0.4, -0.2) is 0 Å². The van der Waals surface area contributed by atoms with E-state index in [1.807, 2.05) is 0 Å². The third-order valence-electron chi connectivity index (χ3n) is 2.10. The summed E-state index contributed by atoms with van der Waals surface area (Å²) in [6.45, 7) is 6.62. The van der Waals surface area contributed by atoms with Gasteiger partial charge in [-0.1, -0.05) is 49.8 Å². The molecule has 1 aliphatic carbocycles. The van der Waals surface area contributed by atoms with Gasteiger partial charge >= 0.3 is 0 Å². The van der Waals surface area contributed by atoms with E-state index in [-0.39, 0.29) is 5.41 Å². The van der Waals surface area contributed by atoms with Crippen LogP contribution in [0.15, 0.2) is 36.0 Å². The summed E-state index contributed by atoms with van der Waals surface area (Å²) in [6, 6.07) is 0. The minimum atomic E-state index is 0.240. The summed E-state index contributed by atoms with van der Waals surface area (Å²) in [5, 5.41) is 0. The van der Waals surface area contributed by atoms with Gasteiger partial charge in [-0.05, 0) is 6.92 Å². The predicted octanol–water partition coefficient (Wildman–Crippen LogP) is 3.08. The zero-order valence-corrected chi connectivity index (χ0v) is 6.89. The van der Waals surface area contributed by atoms with Crippen LogP contribution in [-0.2, 0) is 0 Å². The van der Waals surface area contributed by atoms with Crippen molar-refractivity contribution in [3.8, 4) is 0 Å².